The standard InChI is InChI=1S/C13H17ClN2O2/c1-9(2)13(5-6-13)8-15-12-4-3-10(16(17)18)7-11(12)14/h3-4,7,9,15H,5-6,8H2,1-2H3. The third-order valence-corrected chi connectivity index (χ3v) is 4.22. The largest absolute Gasteiger partial charge is 0.383 e. The Morgan fingerprint density at radius 2 is 2.17 bits per heavy atom. The Morgan fingerprint density at radius 1 is 1.50 bits per heavy atom. The lowest BCUT2D eigenvalue weighted by molar-refractivity contribution is -0.384. The third kappa shape index (κ3) is 2.58. The van der Waals surface area contributed by atoms with Crippen molar-refractivity contribution in [2.45, 2.75) is 26.7 Å². The first kappa shape index (κ1) is 13.1. The highest BCUT2D eigenvalue weighted by Crippen LogP contribution is 2.51. The summed E-state index contributed by atoms with van der Waals surface area (Å²) in [6.45, 7) is 5.33. The molecule has 1 aliphatic carbocycles. The van der Waals surface area contributed by atoms with Gasteiger partial charge in [0.2, 0.25) is 0 Å². The van der Waals surface area contributed by atoms with Crippen molar-refractivity contribution in [3.05, 3.63) is 33.3 Å². The van der Waals surface area contributed by atoms with Crippen LogP contribution in [-0.4, -0.2) is 11.5 Å². The summed E-state index contributed by atoms with van der Waals surface area (Å²) in [4.78, 5) is 10.2. The maximum absolute atomic E-state index is 10.6. The summed E-state index contributed by atoms with van der Waals surface area (Å²) in [7, 11) is 0. The molecular weight excluding hydrogens is 252 g/mol. The summed E-state index contributed by atoms with van der Waals surface area (Å²) < 4.78 is 0. The summed E-state index contributed by atoms with van der Waals surface area (Å²) in [5, 5.41) is 14.3. The predicted octanol–water partition coefficient (Wildman–Crippen LogP) is 4.10. The Kier molecular flexibility index (Phi) is 3.48. The number of nitrogens with one attached hydrogen (secondary N) is 1. The van der Waals surface area contributed by atoms with Gasteiger partial charge in [-0.2, -0.15) is 0 Å². The number of nitro groups is 1. The fraction of sp³-hybridized carbons (Fsp3) is 0.538. The van der Waals surface area contributed by atoms with E-state index in [-0.39, 0.29) is 5.69 Å². The van der Waals surface area contributed by atoms with Gasteiger partial charge < -0.3 is 5.32 Å². The molecule has 1 aliphatic rings. The monoisotopic (exact) mass is 268 g/mol. The molecule has 2 rings (SSSR count). The molecule has 0 radical (unpaired) electrons. The molecule has 0 amide bonds. The molecule has 0 atom stereocenters. The Balaban J connectivity index is 2.04. The summed E-state index contributed by atoms with van der Waals surface area (Å²) in [6.07, 6.45) is 2.48. The topological polar surface area (TPSA) is 55.2 Å². The van der Waals surface area contributed by atoms with Gasteiger partial charge in [0.15, 0.2) is 0 Å². The van der Waals surface area contributed by atoms with E-state index in [1.54, 1.807) is 6.07 Å². The Morgan fingerprint density at radius 3 is 2.61 bits per heavy atom. The van der Waals surface area contributed by atoms with Crippen LogP contribution in [0.2, 0.25) is 5.02 Å². The van der Waals surface area contributed by atoms with E-state index in [1.807, 2.05) is 0 Å². The van der Waals surface area contributed by atoms with E-state index in [9.17, 15) is 10.1 Å². The number of rotatable bonds is 5. The highest BCUT2D eigenvalue weighted by molar-refractivity contribution is 6.33. The SMILES string of the molecule is CC(C)C1(CNc2ccc([N+](=O)[O-])cc2Cl)CC1. The molecule has 1 saturated carbocycles. The van der Waals surface area contributed by atoms with Gasteiger partial charge in [0, 0.05) is 18.7 Å². The van der Waals surface area contributed by atoms with Gasteiger partial charge in [-0.15, -0.1) is 0 Å². The first-order valence-corrected chi connectivity index (χ1v) is 6.50. The average Bonchev–Trinajstić information content (AvgIpc) is 3.08. The van der Waals surface area contributed by atoms with E-state index < -0.39 is 4.92 Å². The van der Waals surface area contributed by atoms with Gasteiger partial charge in [0.25, 0.3) is 5.69 Å². The molecule has 1 aromatic carbocycles. The molecule has 0 aromatic heterocycles. The molecular formula is C13H17ClN2O2. The van der Waals surface area contributed by atoms with Gasteiger partial charge in [-0.05, 0) is 30.2 Å². The van der Waals surface area contributed by atoms with Crippen LogP contribution in [0.5, 0.6) is 0 Å². The third-order valence-electron chi connectivity index (χ3n) is 3.91. The van der Waals surface area contributed by atoms with Gasteiger partial charge in [-0.3, -0.25) is 10.1 Å². The maximum atomic E-state index is 10.6. The van der Waals surface area contributed by atoms with Crippen molar-refractivity contribution in [2.24, 2.45) is 11.3 Å². The molecule has 18 heavy (non-hydrogen) atoms. The van der Waals surface area contributed by atoms with Crippen LogP contribution in [0.3, 0.4) is 0 Å². The lowest BCUT2D eigenvalue weighted by atomic mass is 9.92. The summed E-state index contributed by atoms with van der Waals surface area (Å²) >= 11 is 6.04. The minimum Gasteiger partial charge on any atom is -0.383 e. The summed E-state index contributed by atoms with van der Waals surface area (Å²) in [6, 6.07) is 4.54. The summed E-state index contributed by atoms with van der Waals surface area (Å²) in [5.41, 5.74) is 1.18. The quantitative estimate of drug-likeness (QED) is 0.646. The van der Waals surface area contributed by atoms with Crippen LogP contribution < -0.4 is 5.32 Å². The zero-order valence-corrected chi connectivity index (χ0v) is 11.3. The number of hydrogen-bond donors (Lipinski definition) is 1. The second-order valence-corrected chi connectivity index (χ2v) is 5.70. The van der Waals surface area contributed by atoms with Crippen LogP contribution in [0.1, 0.15) is 26.7 Å². The molecule has 1 fully saturated rings. The number of non-ortho nitro benzene ring substituents is 1. The molecule has 1 N–H and O–H groups in total. The van der Waals surface area contributed by atoms with Crippen molar-refractivity contribution in [3.8, 4) is 0 Å². The van der Waals surface area contributed by atoms with Gasteiger partial charge in [0.1, 0.15) is 0 Å². The fourth-order valence-electron chi connectivity index (χ4n) is 2.15. The van der Waals surface area contributed by atoms with Gasteiger partial charge in [0.05, 0.1) is 15.6 Å². The van der Waals surface area contributed by atoms with Gasteiger partial charge in [-0.1, -0.05) is 25.4 Å². The van der Waals surface area contributed by atoms with Crippen molar-refractivity contribution >= 4 is 23.0 Å². The first-order valence-electron chi connectivity index (χ1n) is 6.12. The van der Waals surface area contributed by atoms with Crippen LogP contribution in [0.25, 0.3) is 0 Å². The molecule has 4 nitrogen and oxygen atoms in total. The normalized spacial score (nSPS) is 16.7. The zero-order valence-electron chi connectivity index (χ0n) is 10.6. The van der Waals surface area contributed by atoms with E-state index >= 15 is 0 Å². The second-order valence-electron chi connectivity index (χ2n) is 5.29. The van der Waals surface area contributed by atoms with E-state index in [2.05, 4.69) is 19.2 Å². The van der Waals surface area contributed by atoms with Crippen molar-refractivity contribution in [1.82, 2.24) is 0 Å². The lowest BCUT2D eigenvalue weighted by Crippen LogP contribution is -2.20. The molecule has 0 heterocycles. The number of nitro benzene ring substituents is 1. The number of anilines is 1. The smallest absolute Gasteiger partial charge is 0.271 e. The lowest BCUT2D eigenvalue weighted by Gasteiger charge is -2.21. The highest BCUT2D eigenvalue weighted by Gasteiger charge is 2.44. The van der Waals surface area contributed by atoms with E-state index in [4.69, 9.17) is 11.6 Å². The van der Waals surface area contributed by atoms with Crippen LogP contribution in [0.4, 0.5) is 11.4 Å². The molecule has 98 valence electrons. The number of halogens is 1. The molecule has 0 spiro atoms. The van der Waals surface area contributed by atoms with Crippen LogP contribution in [0.15, 0.2) is 18.2 Å². The zero-order chi connectivity index (χ0) is 13.3. The van der Waals surface area contributed by atoms with Crippen LogP contribution >= 0.6 is 11.6 Å². The Bertz CT molecular complexity index is 470. The van der Waals surface area contributed by atoms with Gasteiger partial charge >= 0.3 is 0 Å². The Labute approximate surface area is 111 Å². The molecule has 0 unspecified atom stereocenters. The van der Waals surface area contributed by atoms with Gasteiger partial charge in [-0.25, -0.2) is 0 Å². The minimum atomic E-state index is -0.438. The molecule has 0 aliphatic heterocycles. The van der Waals surface area contributed by atoms with Crippen molar-refractivity contribution in [1.29, 1.82) is 0 Å². The van der Waals surface area contributed by atoms with Crippen molar-refractivity contribution < 1.29 is 4.92 Å². The van der Waals surface area contributed by atoms with E-state index in [1.165, 1.54) is 25.0 Å². The summed E-state index contributed by atoms with van der Waals surface area (Å²) in [5.74, 6) is 0.641. The van der Waals surface area contributed by atoms with Crippen LogP contribution in [0, 0.1) is 21.4 Å². The maximum Gasteiger partial charge on any atom is 0.271 e. The molecule has 1 aromatic rings. The molecule has 0 saturated heterocycles. The van der Waals surface area contributed by atoms with E-state index in [0.717, 1.165) is 12.2 Å². The van der Waals surface area contributed by atoms with Crippen LogP contribution in [-0.2, 0) is 0 Å². The van der Waals surface area contributed by atoms with Crippen molar-refractivity contribution in [3.63, 3.8) is 0 Å². The van der Waals surface area contributed by atoms with Crippen molar-refractivity contribution in [2.75, 3.05) is 11.9 Å². The second kappa shape index (κ2) is 4.76. The molecule has 5 heteroatoms. The predicted molar refractivity (Wildman–Crippen MR) is 73.1 cm³/mol. The molecule has 0 bridgehead atoms. The first-order chi connectivity index (χ1) is 8.44. The average molecular weight is 269 g/mol. The number of nitrogens with zero attached hydrogens (tertiary/aromatic N) is 1. The fourth-order valence-corrected chi connectivity index (χ4v) is 2.39. The van der Waals surface area contributed by atoms with E-state index in [0.29, 0.717) is 16.4 Å². The minimum absolute atomic E-state index is 0.0237. The highest BCUT2D eigenvalue weighted by atomic mass is 35.5. The Hall–Kier alpha value is -1.29. The number of benzene rings is 1. The number of hydrogen-bond acceptors (Lipinski definition) is 3.